The lowest BCUT2D eigenvalue weighted by molar-refractivity contribution is -0.121. The molecule has 1 rings (SSSR count). The summed E-state index contributed by atoms with van der Waals surface area (Å²) < 4.78 is 6.15. The Kier molecular flexibility index (Phi) is 6.05. The van der Waals surface area contributed by atoms with E-state index in [0.29, 0.717) is 18.9 Å². The summed E-state index contributed by atoms with van der Waals surface area (Å²) in [5.41, 5.74) is 4.82. The van der Waals surface area contributed by atoms with Crippen molar-refractivity contribution in [1.29, 1.82) is 5.26 Å². The Hall–Kier alpha value is -2.40. The van der Waals surface area contributed by atoms with Gasteiger partial charge in [-0.15, -0.1) is 0 Å². The van der Waals surface area contributed by atoms with Crippen molar-refractivity contribution < 1.29 is 9.53 Å². The van der Waals surface area contributed by atoms with Crippen LogP contribution in [-0.2, 0) is 11.3 Å². The smallest absolute Gasteiger partial charge is 0.270 e. The molecule has 0 atom stereocenters. The maximum atomic E-state index is 11.6. The van der Waals surface area contributed by atoms with Crippen LogP contribution in [0.4, 0.5) is 0 Å². The highest BCUT2D eigenvalue weighted by atomic mass is 16.5. The number of carbonyl (C=O) groups excluding carboxylic acids is 1. The van der Waals surface area contributed by atoms with Gasteiger partial charge in [0.05, 0.1) is 18.7 Å². The number of nitrogens with one attached hydrogen (secondary N) is 1. The van der Waals surface area contributed by atoms with E-state index < -0.39 is 5.56 Å². The Bertz CT molecular complexity index is 520. The highest BCUT2D eigenvalue weighted by molar-refractivity contribution is 5.75. The van der Waals surface area contributed by atoms with Crippen molar-refractivity contribution in [3.8, 4) is 11.8 Å². The van der Waals surface area contributed by atoms with Gasteiger partial charge in [0.1, 0.15) is 18.9 Å². The van der Waals surface area contributed by atoms with E-state index in [-0.39, 0.29) is 25.4 Å². The average molecular weight is 265 g/mol. The zero-order valence-corrected chi connectivity index (χ0v) is 10.3. The lowest BCUT2D eigenvalue weighted by Crippen LogP contribution is -2.33. The van der Waals surface area contributed by atoms with Crippen LogP contribution in [0.25, 0.3) is 0 Å². The van der Waals surface area contributed by atoms with Gasteiger partial charge < -0.3 is 15.8 Å². The van der Waals surface area contributed by atoms with Gasteiger partial charge in [0.25, 0.3) is 5.56 Å². The number of rotatable bonds is 7. The molecule has 0 aliphatic heterocycles. The molecule has 0 aliphatic carbocycles. The fourth-order valence-corrected chi connectivity index (χ4v) is 1.24. The normalized spacial score (nSPS) is 9.68. The maximum Gasteiger partial charge on any atom is 0.270 e. The lowest BCUT2D eigenvalue weighted by atomic mass is 10.4. The fraction of sp³-hybridized carbons (Fsp3) is 0.455. The van der Waals surface area contributed by atoms with E-state index in [1.165, 1.54) is 12.3 Å². The largest absolute Gasteiger partial charge is 0.490 e. The van der Waals surface area contributed by atoms with Gasteiger partial charge in [-0.25, -0.2) is 4.68 Å². The van der Waals surface area contributed by atoms with Gasteiger partial charge in [0, 0.05) is 19.2 Å². The minimum Gasteiger partial charge on any atom is -0.490 e. The van der Waals surface area contributed by atoms with Crippen molar-refractivity contribution in [2.75, 3.05) is 19.7 Å². The van der Waals surface area contributed by atoms with Crippen molar-refractivity contribution in [2.24, 2.45) is 5.73 Å². The summed E-state index contributed by atoms with van der Waals surface area (Å²) >= 11 is 0. The Morgan fingerprint density at radius 2 is 2.42 bits per heavy atom. The van der Waals surface area contributed by atoms with Crippen LogP contribution in [0.2, 0.25) is 0 Å². The molecule has 19 heavy (non-hydrogen) atoms. The van der Waals surface area contributed by atoms with Crippen molar-refractivity contribution >= 4 is 5.91 Å². The van der Waals surface area contributed by atoms with Crippen molar-refractivity contribution in [2.45, 2.75) is 13.0 Å². The second-order valence-corrected chi connectivity index (χ2v) is 3.58. The monoisotopic (exact) mass is 265 g/mol. The number of ether oxygens (including phenoxy) is 1. The molecule has 1 heterocycles. The summed E-state index contributed by atoms with van der Waals surface area (Å²) in [5.74, 6) is -0.0583. The van der Waals surface area contributed by atoms with Crippen LogP contribution >= 0.6 is 0 Å². The van der Waals surface area contributed by atoms with Crippen LogP contribution in [0.3, 0.4) is 0 Å². The molecule has 0 fully saturated rings. The number of amides is 1. The zero-order chi connectivity index (χ0) is 14.1. The summed E-state index contributed by atoms with van der Waals surface area (Å²) in [6, 6.07) is 3.14. The van der Waals surface area contributed by atoms with E-state index in [0.717, 1.165) is 4.68 Å². The van der Waals surface area contributed by atoms with Crippen LogP contribution in [0.15, 0.2) is 17.1 Å². The Balaban J connectivity index is 2.57. The van der Waals surface area contributed by atoms with Gasteiger partial charge in [0.15, 0.2) is 0 Å². The van der Waals surface area contributed by atoms with Gasteiger partial charge in [-0.3, -0.25) is 9.59 Å². The molecule has 102 valence electrons. The minimum atomic E-state index is -0.440. The summed E-state index contributed by atoms with van der Waals surface area (Å²) in [6.07, 6.45) is 1.57. The van der Waals surface area contributed by atoms with E-state index in [9.17, 15) is 9.59 Å². The van der Waals surface area contributed by atoms with Crippen LogP contribution in [0.5, 0.6) is 5.75 Å². The van der Waals surface area contributed by atoms with Gasteiger partial charge in [-0.05, 0) is 0 Å². The third kappa shape index (κ3) is 5.18. The van der Waals surface area contributed by atoms with Gasteiger partial charge in [-0.1, -0.05) is 0 Å². The number of carbonyl (C=O) groups is 1. The second-order valence-electron chi connectivity index (χ2n) is 3.58. The molecule has 1 aromatic heterocycles. The average Bonchev–Trinajstić information content (AvgIpc) is 2.39. The highest BCUT2D eigenvalue weighted by Gasteiger charge is 2.06. The molecule has 1 amide bonds. The van der Waals surface area contributed by atoms with Crippen molar-refractivity contribution in [3.05, 3.63) is 22.6 Å². The molecule has 1 aromatic rings. The SMILES string of the molecule is N#CCCNC(=O)Cn1ncc(OCCN)cc1=O. The lowest BCUT2D eigenvalue weighted by Gasteiger charge is -2.07. The van der Waals surface area contributed by atoms with Gasteiger partial charge in [-0.2, -0.15) is 10.4 Å². The quantitative estimate of drug-likeness (QED) is 0.585. The molecule has 3 N–H and O–H groups in total. The molecular weight excluding hydrogens is 250 g/mol. The first-order valence-electron chi connectivity index (χ1n) is 5.71. The van der Waals surface area contributed by atoms with E-state index in [1.807, 2.05) is 6.07 Å². The maximum absolute atomic E-state index is 11.6. The number of hydrogen-bond acceptors (Lipinski definition) is 6. The molecule has 0 spiro atoms. The third-order valence-corrected chi connectivity index (χ3v) is 2.08. The predicted molar refractivity (Wildman–Crippen MR) is 66.3 cm³/mol. The number of nitriles is 1. The molecule has 0 bridgehead atoms. The summed E-state index contributed by atoms with van der Waals surface area (Å²) in [6.45, 7) is 0.688. The van der Waals surface area contributed by atoms with Crippen molar-refractivity contribution in [1.82, 2.24) is 15.1 Å². The van der Waals surface area contributed by atoms with Crippen LogP contribution < -0.4 is 21.3 Å². The molecule has 0 saturated heterocycles. The Labute approximate surface area is 109 Å². The zero-order valence-electron chi connectivity index (χ0n) is 10.3. The highest BCUT2D eigenvalue weighted by Crippen LogP contribution is 2.02. The molecule has 0 aromatic carbocycles. The van der Waals surface area contributed by atoms with E-state index in [1.54, 1.807) is 0 Å². The van der Waals surface area contributed by atoms with Gasteiger partial charge >= 0.3 is 0 Å². The summed E-state index contributed by atoms with van der Waals surface area (Å²) in [4.78, 5) is 23.1. The topological polar surface area (TPSA) is 123 Å². The first-order valence-corrected chi connectivity index (χ1v) is 5.71. The molecule has 8 heteroatoms. The Morgan fingerprint density at radius 3 is 3.05 bits per heavy atom. The molecule has 0 saturated carbocycles. The molecule has 0 aliphatic rings. The number of nitrogens with two attached hydrogens (primary N) is 1. The minimum absolute atomic E-state index is 0.193. The van der Waals surface area contributed by atoms with Crippen LogP contribution in [0.1, 0.15) is 6.42 Å². The Morgan fingerprint density at radius 1 is 1.63 bits per heavy atom. The first kappa shape index (κ1) is 14.7. The van der Waals surface area contributed by atoms with E-state index >= 15 is 0 Å². The summed E-state index contributed by atoms with van der Waals surface area (Å²) in [7, 11) is 0. The second kappa shape index (κ2) is 7.84. The molecule has 8 nitrogen and oxygen atoms in total. The molecule has 0 radical (unpaired) electrons. The van der Waals surface area contributed by atoms with Gasteiger partial charge in [0.2, 0.25) is 5.91 Å². The molecular formula is C11H15N5O3. The standard InChI is InChI=1S/C11H15N5O3/c12-2-1-4-14-10(17)8-16-11(18)6-9(7-15-16)19-5-3-13/h6-7H,1,3-5,8,13H2,(H,14,17). The number of hydrogen-bond donors (Lipinski definition) is 2. The first-order chi connectivity index (χ1) is 9.17. The number of aromatic nitrogens is 2. The molecule has 0 unspecified atom stereocenters. The van der Waals surface area contributed by atoms with E-state index in [2.05, 4.69) is 10.4 Å². The van der Waals surface area contributed by atoms with E-state index in [4.69, 9.17) is 15.7 Å². The van der Waals surface area contributed by atoms with Crippen LogP contribution in [-0.4, -0.2) is 35.4 Å². The number of nitrogens with zero attached hydrogens (tertiary/aromatic N) is 3. The fourth-order valence-electron chi connectivity index (χ4n) is 1.24. The predicted octanol–water partition coefficient (Wildman–Crippen LogP) is -1.39. The third-order valence-electron chi connectivity index (χ3n) is 2.08. The van der Waals surface area contributed by atoms with Crippen LogP contribution in [0, 0.1) is 11.3 Å². The van der Waals surface area contributed by atoms with Crippen molar-refractivity contribution in [3.63, 3.8) is 0 Å². The summed E-state index contributed by atoms with van der Waals surface area (Å²) in [5, 5.41) is 14.6.